The van der Waals surface area contributed by atoms with Crippen LogP contribution in [-0.4, -0.2) is 54.6 Å². The Hall–Kier alpha value is -1.23. The van der Waals surface area contributed by atoms with Crippen LogP contribution in [0.1, 0.15) is 33.1 Å². The number of nitrogens with zero attached hydrogens (tertiary/aromatic N) is 2. The van der Waals surface area contributed by atoms with Crippen LogP contribution in [0.3, 0.4) is 0 Å². The minimum Gasteiger partial charge on any atom is -0.309 e. The highest BCUT2D eigenvalue weighted by molar-refractivity contribution is 6.09. The Kier molecular flexibility index (Phi) is 3.67. The molecule has 5 nitrogen and oxygen atoms in total. The van der Waals surface area contributed by atoms with E-state index in [0.29, 0.717) is 18.9 Å². The Morgan fingerprint density at radius 2 is 1.91 bits per heavy atom. The summed E-state index contributed by atoms with van der Waals surface area (Å²) in [5.41, 5.74) is -0.334. The Balaban J connectivity index is 1.85. The van der Waals surface area contributed by atoms with Gasteiger partial charge in [0.2, 0.25) is 11.8 Å². The van der Waals surface area contributed by atoms with E-state index < -0.39 is 0 Å². The van der Waals surface area contributed by atoms with Crippen LogP contribution in [-0.2, 0) is 14.4 Å². The first-order valence-corrected chi connectivity index (χ1v) is 8.30. The Bertz CT molecular complexity index is 530. The number of carbonyl (C=O) groups is 3. The third kappa shape index (κ3) is 2.05. The highest BCUT2D eigenvalue weighted by Gasteiger charge is 2.67. The highest BCUT2D eigenvalue weighted by atomic mass is 16.2. The number of likely N-dealkylation sites (tertiary alicyclic amines) is 1. The van der Waals surface area contributed by atoms with E-state index in [0.717, 1.165) is 19.4 Å². The van der Waals surface area contributed by atoms with Crippen molar-refractivity contribution in [2.75, 3.05) is 27.2 Å². The molecule has 0 spiro atoms. The lowest BCUT2D eigenvalue weighted by Crippen LogP contribution is -2.56. The van der Waals surface area contributed by atoms with Gasteiger partial charge < -0.3 is 4.90 Å². The molecule has 1 aliphatic heterocycles. The Morgan fingerprint density at radius 3 is 2.55 bits per heavy atom. The number of fused-ring (bicyclic) bond motifs is 2. The lowest BCUT2D eigenvalue weighted by Gasteiger charge is -2.53. The Morgan fingerprint density at radius 1 is 1.23 bits per heavy atom. The molecule has 5 unspecified atom stereocenters. The second-order valence-electron chi connectivity index (χ2n) is 7.88. The van der Waals surface area contributed by atoms with Crippen LogP contribution in [0, 0.1) is 29.1 Å². The van der Waals surface area contributed by atoms with E-state index in [1.165, 1.54) is 4.90 Å². The third-order valence-corrected chi connectivity index (χ3v) is 6.28. The molecule has 5 atom stereocenters. The zero-order valence-corrected chi connectivity index (χ0v) is 14.0. The van der Waals surface area contributed by atoms with Gasteiger partial charge in [-0.2, -0.15) is 0 Å². The fourth-order valence-electron chi connectivity index (χ4n) is 4.84. The molecular formula is C17H26N2O3. The molecule has 22 heavy (non-hydrogen) atoms. The number of imide groups is 1. The smallest absolute Gasteiger partial charge is 0.233 e. The van der Waals surface area contributed by atoms with E-state index in [-0.39, 0.29) is 40.8 Å². The minimum atomic E-state index is -0.380. The summed E-state index contributed by atoms with van der Waals surface area (Å²) in [7, 11) is 3.96. The van der Waals surface area contributed by atoms with Crippen LogP contribution in [0.2, 0.25) is 0 Å². The summed E-state index contributed by atoms with van der Waals surface area (Å²) in [6.45, 7) is 5.50. The number of hydrogen-bond donors (Lipinski definition) is 0. The molecule has 4 rings (SSSR count). The number of rotatable bonds is 4. The summed E-state index contributed by atoms with van der Waals surface area (Å²) in [6.07, 6.45) is 2.01. The average Bonchev–Trinajstić information content (AvgIpc) is 2.67. The first-order valence-electron chi connectivity index (χ1n) is 8.30. The predicted octanol–water partition coefficient (Wildman–Crippen LogP) is 1.17. The van der Waals surface area contributed by atoms with E-state index in [1.54, 1.807) is 0 Å². The van der Waals surface area contributed by atoms with Crippen LogP contribution in [0.4, 0.5) is 0 Å². The van der Waals surface area contributed by atoms with E-state index in [1.807, 2.05) is 21.0 Å². The largest absolute Gasteiger partial charge is 0.309 e. The van der Waals surface area contributed by atoms with Gasteiger partial charge in [-0.15, -0.1) is 0 Å². The van der Waals surface area contributed by atoms with Gasteiger partial charge in [0.15, 0.2) is 0 Å². The number of Topliss-reactive ketones (excluding diaryl/α,β-unsaturated/α-hetero) is 1. The number of hydrogen-bond acceptors (Lipinski definition) is 4. The van der Waals surface area contributed by atoms with Gasteiger partial charge in [0.25, 0.3) is 0 Å². The monoisotopic (exact) mass is 306 g/mol. The summed E-state index contributed by atoms with van der Waals surface area (Å²) in [6, 6.07) is 0. The van der Waals surface area contributed by atoms with Crippen LogP contribution < -0.4 is 0 Å². The van der Waals surface area contributed by atoms with Crippen molar-refractivity contribution >= 4 is 17.6 Å². The molecular weight excluding hydrogens is 280 g/mol. The zero-order valence-electron chi connectivity index (χ0n) is 14.0. The summed E-state index contributed by atoms with van der Waals surface area (Å²) in [5.74, 6) is -0.476. The SMILES string of the molecule is CC1CC2C(=O)CC1(C)C1C(=O)N(CCCN(C)C)C(=O)C21. The molecule has 0 N–H and O–H groups in total. The summed E-state index contributed by atoms with van der Waals surface area (Å²) >= 11 is 0. The molecule has 122 valence electrons. The van der Waals surface area contributed by atoms with E-state index >= 15 is 0 Å². The van der Waals surface area contributed by atoms with Gasteiger partial charge in [-0.1, -0.05) is 13.8 Å². The van der Waals surface area contributed by atoms with Gasteiger partial charge >= 0.3 is 0 Å². The van der Waals surface area contributed by atoms with Crippen molar-refractivity contribution in [1.82, 2.24) is 9.80 Å². The van der Waals surface area contributed by atoms with Crippen LogP contribution in [0.15, 0.2) is 0 Å². The first-order chi connectivity index (χ1) is 10.3. The predicted molar refractivity (Wildman–Crippen MR) is 81.9 cm³/mol. The standard InChI is InChI=1S/C17H26N2O3/c1-10-8-11-12(20)9-17(10,2)14-13(11)15(21)19(16(14)22)7-5-6-18(3)4/h10-11,13-14H,5-9H2,1-4H3. The second kappa shape index (κ2) is 5.15. The highest BCUT2D eigenvalue weighted by Crippen LogP contribution is 2.60. The van der Waals surface area contributed by atoms with Crippen molar-refractivity contribution in [3.63, 3.8) is 0 Å². The average molecular weight is 306 g/mol. The number of ketones is 1. The third-order valence-electron chi connectivity index (χ3n) is 6.28. The molecule has 4 aliphatic rings. The maximum absolute atomic E-state index is 12.9. The molecule has 2 bridgehead atoms. The van der Waals surface area contributed by atoms with Gasteiger partial charge in [-0.25, -0.2) is 0 Å². The van der Waals surface area contributed by atoms with Gasteiger partial charge in [0.1, 0.15) is 5.78 Å². The van der Waals surface area contributed by atoms with Gasteiger partial charge in [0, 0.05) is 18.9 Å². The second-order valence-corrected chi connectivity index (χ2v) is 7.88. The summed E-state index contributed by atoms with van der Waals surface area (Å²) in [4.78, 5) is 41.4. The van der Waals surface area contributed by atoms with Crippen molar-refractivity contribution in [2.24, 2.45) is 29.1 Å². The molecule has 1 heterocycles. The molecule has 0 radical (unpaired) electrons. The molecule has 4 fully saturated rings. The molecule has 0 aromatic heterocycles. The fraction of sp³-hybridized carbons (Fsp3) is 0.824. The molecule has 3 aliphatic carbocycles. The van der Waals surface area contributed by atoms with Crippen molar-refractivity contribution in [1.29, 1.82) is 0 Å². The summed E-state index contributed by atoms with van der Waals surface area (Å²) in [5, 5.41) is 0. The number of carbonyl (C=O) groups excluding carboxylic acids is 3. The van der Waals surface area contributed by atoms with Crippen LogP contribution >= 0.6 is 0 Å². The summed E-state index contributed by atoms with van der Waals surface area (Å²) < 4.78 is 0. The quantitative estimate of drug-likeness (QED) is 0.732. The van der Waals surface area contributed by atoms with Crippen molar-refractivity contribution in [2.45, 2.75) is 33.1 Å². The maximum Gasteiger partial charge on any atom is 0.233 e. The maximum atomic E-state index is 12.9. The topological polar surface area (TPSA) is 57.7 Å². The molecule has 3 saturated carbocycles. The molecule has 1 saturated heterocycles. The van der Waals surface area contributed by atoms with Gasteiger partial charge in [-0.3, -0.25) is 19.3 Å². The molecule has 0 aromatic rings. The minimum absolute atomic E-state index is 0.0275. The van der Waals surface area contributed by atoms with Gasteiger partial charge in [-0.05, 0) is 44.8 Å². The lowest BCUT2D eigenvalue weighted by atomic mass is 9.47. The Labute approximate surface area is 132 Å². The van der Waals surface area contributed by atoms with Crippen molar-refractivity contribution in [3.8, 4) is 0 Å². The van der Waals surface area contributed by atoms with Crippen LogP contribution in [0.25, 0.3) is 0 Å². The fourth-order valence-corrected chi connectivity index (χ4v) is 4.84. The van der Waals surface area contributed by atoms with Crippen LogP contribution in [0.5, 0.6) is 0 Å². The lowest BCUT2D eigenvalue weighted by molar-refractivity contribution is -0.158. The zero-order chi connectivity index (χ0) is 16.2. The van der Waals surface area contributed by atoms with Gasteiger partial charge in [0.05, 0.1) is 11.8 Å². The van der Waals surface area contributed by atoms with Crippen molar-refractivity contribution < 1.29 is 14.4 Å². The van der Waals surface area contributed by atoms with Crippen molar-refractivity contribution in [3.05, 3.63) is 0 Å². The molecule has 5 heteroatoms. The van der Waals surface area contributed by atoms with E-state index in [2.05, 4.69) is 11.8 Å². The molecule has 2 amide bonds. The number of amides is 2. The normalized spacial score (nSPS) is 40.8. The van der Waals surface area contributed by atoms with E-state index in [4.69, 9.17) is 0 Å². The van der Waals surface area contributed by atoms with E-state index in [9.17, 15) is 14.4 Å². The first kappa shape index (κ1) is 15.7. The molecule has 0 aromatic carbocycles.